The minimum absolute atomic E-state index is 0.0884. The number of aryl methyl sites for hydroxylation is 2. The van der Waals surface area contributed by atoms with Crippen LogP contribution in [0.4, 0.5) is 0 Å². The van der Waals surface area contributed by atoms with Crippen LogP contribution in [0, 0.1) is 20.8 Å². The summed E-state index contributed by atoms with van der Waals surface area (Å²) < 4.78 is 2.20. The topological polar surface area (TPSA) is 46.4 Å². The molecule has 0 saturated heterocycles. The van der Waals surface area contributed by atoms with E-state index in [1.54, 1.807) is 18.0 Å². The number of nitrogens with one attached hydrogen (secondary N) is 1. The van der Waals surface area contributed by atoms with Gasteiger partial charge in [-0.15, -0.1) is 11.8 Å². The molecular weight excluding hydrogens is 378 g/mol. The van der Waals surface area contributed by atoms with Crippen LogP contribution in [0.5, 0.6) is 0 Å². The molecule has 0 spiro atoms. The van der Waals surface area contributed by atoms with Crippen LogP contribution in [0.1, 0.15) is 35.0 Å². The molecule has 0 fully saturated rings. The van der Waals surface area contributed by atoms with Crippen molar-refractivity contribution in [1.29, 1.82) is 0 Å². The molecule has 4 nitrogen and oxygen atoms in total. The molecule has 1 atom stereocenters. The van der Waals surface area contributed by atoms with Crippen LogP contribution in [0.3, 0.4) is 0 Å². The second-order valence-electron chi connectivity index (χ2n) is 7.17. The maximum absolute atomic E-state index is 12.3. The van der Waals surface area contributed by atoms with E-state index in [-0.39, 0.29) is 11.2 Å². The highest BCUT2D eigenvalue weighted by Gasteiger charge is 2.13. The van der Waals surface area contributed by atoms with Gasteiger partial charge in [-0.2, -0.15) is 5.10 Å². The number of hydrogen-bond donors (Lipinski definition) is 1. The van der Waals surface area contributed by atoms with Crippen molar-refractivity contribution in [2.24, 2.45) is 5.10 Å². The number of carbonyl (C=O) groups excluding carboxylic acids is 1. The predicted molar refractivity (Wildman–Crippen MR) is 123 cm³/mol. The third kappa shape index (κ3) is 5.39. The number of aromatic nitrogens is 1. The zero-order chi connectivity index (χ0) is 20.8. The number of hydrogen-bond acceptors (Lipinski definition) is 3. The number of thioether (sulfide) groups is 1. The van der Waals surface area contributed by atoms with Crippen molar-refractivity contribution in [1.82, 2.24) is 9.99 Å². The standard InChI is InChI=1S/C24H27N3OS/c1-17-10-12-23(13-11-17)27-18(2)14-22(19(27)3)15-25-26-24(28)20(4)29-16-21-8-6-5-7-9-21/h5-15,20H,16H2,1-4H3,(H,26,28)/b25-15-/t20-/m0/s1. The highest BCUT2D eigenvalue weighted by Crippen LogP contribution is 2.20. The molecule has 1 aromatic heterocycles. The molecule has 0 bridgehead atoms. The van der Waals surface area contributed by atoms with Gasteiger partial charge in [-0.1, -0.05) is 48.0 Å². The lowest BCUT2D eigenvalue weighted by Gasteiger charge is -2.10. The Bertz CT molecular complexity index is 991. The Balaban J connectivity index is 1.60. The Kier molecular flexibility index (Phi) is 6.94. The molecule has 150 valence electrons. The summed E-state index contributed by atoms with van der Waals surface area (Å²) in [4.78, 5) is 12.3. The Morgan fingerprint density at radius 1 is 1.10 bits per heavy atom. The van der Waals surface area contributed by atoms with E-state index in [2.05, 4.69) is 78.3 Å². The van der Waals surface area contributed by atoms with Crippen molar-refractivity contribution < 1.29 is 4.79 Å². The first-order valence-electron chi connectivity index (χ1n) is 9.70. The summed E-state index contributed by atoms with van der Waals surface area (Å²) in [5.74, 6) is 0.714. The first-order chi connectivity index (χ1) is 14.0. The van der Waals surface area contributed by atoms with Gasteiger partial charge in [0.1, 0.15) is 0 Å². The molecule has 29 heavy (non-hydrogen) atoms. The summed E-state index contributed by atoms with van der Waals surface area (Å²) in [7, 11) is 0. The largest absolute Gasteiger partial charge is 0.318 e. The molecule has 0 saturated carbocycles. The van der Waals surface area contributed by atoms with Gasteiger partial charge in [0.15, 0.2) is 0 Å². The Morgan fingerprint density at radius 2 is 1.79 bits per heavy atom. The van der Waals surface area contributed by atoms with Gasteiger partial charge < -0.3 is 4.57 Å². The van der Waals surface area contributed by atoms with Gasteiger partial charge in [0.05, 0.1) is 11.5 Å². The van der Waals surface area contributed by atoms with Crippen molar-refractivity contribution in [2.45, 2.75) is 38.7 Å². The van der Waals surface area contributed by atoms with Crippen molar-refractivity contribution in [2.75, 3.05) is 0 Å². The van der Waals surface area contributed by atoms with Gasteiger partial charge in [0, 0.05) is 28.4 Å². The third-order valence-electron chi connectivity index (χ3n) is 4.85. The zero-order valence-corrected chi connectivity index (χ0v) is 18.2. The van der Waals surface area contributed by atoms with Crippen molar-refractivity contribution >= 4 is 23.9 Å². The Hall–Kier alpha value is -2.79. The van der Waals surface area contributed by atoms with Crippen LogP contribution in [-0.2, 0) is 10.5 Å². The molecule has 0 unspecified atom stereocenters. The van der Waals surface area contributed by atoms with Crippen LogP contribution in [0.15, 0.2) is 65.8 Å². The summed E-state index contributed by atoms with van der Waals surface area (Å²) in [6.45, 7) is 8.13. The first kappa shape index (κ1) is 20.9. The maximum atomic E-state index is 12.3. The number of rotatable bonds is 7. The molecule has 0 radical (unpaired) electrons. The minimum Gasteiger partial charge on any atom is -0.318 e. The van der Waals surface area contributed by atoms with Gasteiger partial charge in [-0.25, -0.2) is 5.43 Å². The normalized spacial score (nSPS) is 12.3. The van der Waals surface area contributed by atoms with E-state index in [0.29, 0.717) is 0 Å². The first-order valence-corrected chi connectivity index (χ1v) is 10.7. The molecule has 5 heteroatoms. The molecule has 3 aromatic rings. The number of amides is 1. The minimum atomic E-state index is -0.174. The summed E-state index contributed by atoms with van der Waals surface area (Å²) in [5, 5.41) is 4.02. The molecule has 2 aromatic carbocycles. The summed E-state index contributed by atoms with van der Waals surface area (Å²) in [6, 6.07) is 20.7. The average molecular weight is 406 g/mol. The maximum Gasteiger partial charge on any atom is 0.252 e. The van der Waals surface area contributed by atoms with E-state index in [0.717, 1.165) is 28.4 Å². The highest BCUT2D eigenvalue weighted by atomic mass is 32.2. The van der Waals surface area contributed by atoms with E-state index in [4.69, 9.17) is 0 Å². The average Bonchev–Trinajstić information content (AvgIpc) is 3.01. The van der Waals surface area contributed by atoms with Gasteiger partial charge in [-0.3, -0.25) is 4.79 Å². The molecular formula is C24H27N3OS. The monoisotopic (exact) mass is 405 g/mol. The number of benzene rings is 2. The van der Waals surface area contributed by atoms with Crippen molar-refractivity contribution in [3.05, 3.63) is 88.7 Å². The van der Waals surface area contributed by atoms with Crippen molar-refractivity contribution in [3.8, 4) is 5.69 Å². The van der Waals surface area contributed by atoms with E-state index >= 15 is 0 Å². The number of carbonyl (C=O) groups is 1. The van der Waals surface area contributed by atoms with Gasteiger partial charge in [-0.05, 0) is 51.5 Å². The summed E-state index contributed by atoms with van der Waals surface area (Å²) in [5.41, 5.74) is 9.46. The lowest BCUT2D eigenvalue weighted by molar-refractivity contribution is -0.120. The zero-order valence-electron chi connectivity index (χ0n) is 17.3. The summed E-state index contributed by atoms with van der Waals surface area (Å²) >= 11 is 1.60. The molecule has 0 aliphatic carbocycles. The molecule has 1 heterocycles. The molecule has 0 aliphatic heterocycles. The molecule has 0 aliphatic rings. The van der Waals surface area contributed by atoms with E-state index < -0.39 is 0 Å². The van der Waals surface area contributed by atoms with E-state index in [1.165, 1.54) is 11.1 Å². The highest BCUT2D eigenvalue weighted by molar-refractivity contribution is 7.99. The van der Waals surface area contributed by atoms with Gasteiger partial charge in [0.2, 0.25) is 0 Å². The van der Waals surface area contributed by atoms with Crippen LogP contribution in [-0.4, -0.2) is 21.9 Å². The van der Waals surface area contributed by atoms with Gasteiger partial charge >= 0.3 is 0 Å². The molecule has 1 amide bonds. The van der Waals surface area contributed by atoms with Crippen LogP contribution >= 0.6 is 11.8 Å². The van der Waals surface area contributed by atoms with Crippen LogP contribution in [0.25, 0.3) is 5.69 Å². The lowest BCUT2D eigenvalue weighted by Crippen LogP contribution is -2.27. The number of hydrazone groups is 1. The lowest BCUT2D eigenvalue weighted by atomic mass is 10.2. The number of nitrogens with zero attached hydrogens (tertiary/aromatic N) is 2. The Morgan fingerprint density at radius 3 is 2.48 bits per heavy atom. The quantitative estimate of drug-likeness (QED) is 0.435. The van der Waals surface area contributed by atoms with E-state index in [1.807, 2.05) is 25.1 Å². The van der Waals surface area contributed by atoms with Crippen LogP contribution in [0.2, 0.25) is 0 Å². The smallest absolute Gasteiger partial charge is 0.252 e. The SMILES string of the molecule is Cc1ccc(-n2c(C)cc(/C=N\NC(=O)[C@H](C)SCc3ccccc3)c2C)cc1. The third-order valence-corrected chi connectivity index (χ3v) is 6.07. The predicted octanol–water partition coefficient (Wildman–Crippen LogP) is 5.17. The van der Waals surface area contributed by atoms with Crippen LogP contribution < -0.4 is 5.43 Å². The molecule has 3 rings (SSSR count). The fraction of sp³-hybridized carbons (Fsp3) is 0.250. The summed E-state index contributed by atoms with van der Waals surface area (Å²) in [6.07, 6.45) is 1.72. The fourth-order valence-corrected chi connectivity index (χ4v) is 3.98. The second-order valence-corrected chi connectivity index (χ2v) is 8.50. The van der Waals surface area contributed by atoms with E-state index in [9.17, 15) is 4.79 Å². The van der Waals surface area contributed by atoms with Crippen molar-refractivity contribution in [3.63, 3.8) is 0 Å². The fourth-order valence-electron chi connectivity index (χ4n) is 3.14. The Labute approximate surface area is 177 Å². The second kappa shape index (κ2) is 9.61. The van der Waals surface area contributed by atoms with Gasteiger partial charge in [0.25, 0.3) is 5.91 Å². The molecule has 1 N–H and O–H groups in total.